The number of piperidine rings is 1. The molecule has 0 aliphatic carbocycles. The standard InChI is InChI=1S/C17H19FN2OS/c1-17(16-19-7-10-22-16)5-8-20(9-6-17)15(21)12-13-3-2-4-14(18)11-13/h2-4,7,10-11H,5-6,8-9,12H2,1H3. The average molecular weight is 318 g/mol. The topological polar surface area (TPSA) is 33.2 Å². The van der Waals surface area contributed by atoms with Crippen molar-refractivity contribution in [3.63, 3.8) is 0 Å². The monoisotopic (exact) mass is 318 g/mol. The first-order valence-corrected chi connectivity index (χ1v) is 8.37. The van der Waals surface area contributed by atoms with Crippen LogP contribution in [0.3, 0.4) is 0 Å². The molecule has 1 fully saturated rings. The van der Waals surface area contributed by atoms with Crippen molar-refractivity contribution in [3.05, 3.63) is 52.2 Å². The van der Waals surface area contributed by atoms with E-state index >= 15 is 0 Å². The molecule has 0 unspecified atom stereocenters. The zero-order valence-electron chi connectivity index (χ0n) is 12.6. The first-order chi connectivity index (χ1) is 10.6. The average Bonchev–Trinajstić information content (AvgIpc) is 3.03. The molecule has 0 radical (unpaired) electrons. The van der Waals surface area contributed by atoms with E-state index in [4.69, 9.17) is 0 Å². The lowest BCUT2D eigenvalue weighted by Gasteiger charge is -2.38. The zero-order valence-corrected chi connectivity index (χ0v) is 13.4. The van der Waals surface area contributed by atoms with Gasteiger partial charge in [-0.05, 0) is 30.5 Å². The van der Waals surface area contributed by atoms with Crippen LogP contribution in [0.5, 0.6) is 0 Å². The maximum atomic E-state index is 13.2. The number of carbonyl (C=O) groups is 1. The summed E-state index contributed by atoms with van der Waals surface area (Å²) in [6.45, 7) is 3.70. The number of hydrogen-bond donors (Lipinski definition) is 0. The van der Waals surface area contributed by atoms with Crippen molar-refractivity contribution in [3.8, 4) is 0 Å². The molecule has 3 nitrogen and oxygen atoms in total. The fraction of sp³-hybridized carbons (Fsp3) is 0.412. The molecule has 5 heteroatoms. The molecule has 1 aromatic carbocycles. The van der Waals surface area contributed by atoms with E-state index in [2.05, 4.69) is 11.9 Å². The van der Waals surface area contributed by atoms with E-state index in [0.29, 0.717) is 0 Å². The van der Waals surface area contributed by atoms with Crippen molar-refractivity contribution >= 4 is 17.2 Å². The molecule has 2 aromatic rings. The number of halogens is 1. The van der Waals surface area contributed by atoms with Crippen LogP contribution in [-0.4, -0.2) is 28.9 Å². The molecule has 2 heterocycles. The number of rotatable bonds is 3. The summed E-state index contributed by atoms with van der Waals surface area (Å²) in [4.78, 5) is 18.7. The Morgan fingerprint density at radius 2 is 2.18 bits per heavy atom. The van der Waals surface area contributed by atoms with Crippen molar-refractivity contribution in [2.24, 2.45) is 0 Å². The normalized spacial score (nSPS) is 17.5. The predicted molar refractivity (Wildman–Crippen MR) is 85.4 cm³/mol. The molecule has 0 spiro atoms. The molecule has 1 aromatic heterocycles. The molecule has 1 aliphatic rings. The lowest BCUT2D eigenvalue weighted by atomic mass is 9.81. The van der Waals surface area contributed by atoms with Crippen LogP contribution in [0.2, 0.25) is 0 Å². The number of amides is 1. The second kappa shape index (κ2) is 6.16. The second-order valence-corrected chi connectivity index (χ2v) is 6.98. The Balaban J connectivity index is 1.60. The maximum Gasteiger partial charge on any atom is 0.226 e. The third kappa shape index (κ3) is 3.19. The van der Waals surface area contributed by atoms with Crippen LogP contribution in [0.4, 0.5) is 4.39 Å². The summed E-state index contributed by atoms with van der Waals surface area (Å²) < 4.78 is 13.2. The van der Waals surface area contributed by atoms with Crippen LogP contribution in [0.1, 0.15) is 30.3 Å². The molecule has 116 valence electrons. The van der Waals surface area contributed by atoms with Crippen molar-refractivity contribution in [1.82, 2.24) is 9.88 Å². The van der Waals surface area contributed by atoms with E-state index in [1.165, 1.54) is 12.1 Å². The molecule has 0 bridgehead atoms. The van der Waals surface area contributed by atoms with Gasteiger partial charge >= 0.3 is 0 Å². The van der Waals surface area contributed by atoms with Gasteiger partial charge in [0.2, 0.25) is 5.91 Å². The summed E-state index contributed by atoms with van der Waals surface area (Å²) in [7, 11) is 0. The summed E-state index contributed by atoms with van der Waals surface area (Å²) in [5.74, 6) is -0.216. The summed E-state index contributed by atoms with van der Waals surface area (Å²) in [5, 5.41) is 3.16. The molecule has 0 atom stereocenters. The molecule has 22 heavy (non-hydrogen) atoms. The van der Waals surface area contributed by atoms with Crippen molar-refractivity contribution < 1.29 is 9.18 Å². The highest BCUT2D eigenvalue weighted by Crippen LogP contribution is 2.36. The second-order valence-electron chi connectivity index (χ2n) is 6.09. The van der Waals surface area contributed by atoms with Gasteiger partial charge in [0.1, 0.15) is 5.82 Å². The van der Waals surface area contributed by atoms with Gasteiger partial charge < -0.3 is 4.90 Å². The Bertz CT molecular complexity index is 648. The van der Waals surface area contributed by atoms with Gasteiger partial charge in [-0.2, -0.15) is 0 Å². The van der Waals surface area contributed by atoms with E-state index in [0.717, 1.165) is 36.5 Å². The number of likely N-dealkylation sites (tertiary alicyclic amines) is 1. The Labute approximate surface area is 133 Å². The SMILES string of the molecule is CC1(c2nccs2)CCN(C(=O)Cc2cccc(F)c2)CC1. The zero-order chi connectivity index (χ0) is 15.6. The highest BCUT2D eigenvalue weighted by molar-refractivity contribution is 7.09. The molecule has 1 saturated heterocycles. The Morgan fingerprint density at radius 3 is 2.82 bits per heavy atom. The fourth-order valence-corrected chi connectivity index (χ4v) is 3.78. The van der Waals surface area contributed by atoms with Gasteiger partial charge in [-0.3, -0.25) is 4.79 Å². The number of thiazole rings is 1. The number of aromatic nitrogens is 1. The van der Waals surface area contributed by atoms with Gasteiger partial charge in [-0.15, -0.1) is 11.3 Å². The number of carbonyl (C=O) groups excluding carboxylic acids is 1. The molecule has 0 N–H and O–H groups in total. The Hall–Kier alpha value is -1.75. The van der Waals surface area contributed by atoms with Crippen molar-refractivity contribution in [2.45, 2.75) is 31.6 Å². The van der Waals surface area contributed by atoms with E-state index in [-0.39, 0.29) is 23.6 Å². The smallest absolute Gasteiger partial charge is 0.226 e. The van der Waals surface area contributed by atoms with Gasteiger partial charge in [-0.1, -0.05) is 19.1 Å². The molecular formula is C17H19FN2OS. The van der Waals surface area contributed by atoms with Gasteiger partial charge in [0.25, 0.3) is 0 Å². The highest BCUT2D eigenvalue weighted by atomic mass is 32.1. The van der Waals surface area contributed by atoms with Crippen molar-refractivity contribution in [1.29, 1.82) is 0 Å². The lowest BCUT2D eigenvalue weighted by molar-refractivity contribution is -0.132. The summed E-state index contributed by atoms with van der Waals surface area (Å²) in [6.07, 6.45) is 3.96. The van der Waals surface area contributed by atoms with Crippen LogP contribution in [0.15, 0.2) is 35.8 Å². The Morgan fingerprint density at radius 1 is 1.41 bits per heavy atom. The molecule has 0 saturated carbocycles. The van der Waals surface area contributed by atoms with Gasteiger partial charge in [-0.25, -0.2) is 9.37 Å². The van der Waals surface area contributed by atoms with Gasteiger partial charge in [0.05, 0.1) is 11.4 Å². The van der Waals surface area contributed by atoms with Crippen LogP contribution in [0, 0.1) is 5.82 Å². The number of benzene rings is 1. The van der Waals surface area contributed by atoms with Gasteiger partial charge in [0, 0.05) is 30.1 Å². The first-order valence-electron chi connectivity index (χ1n) is 7.49. The van der Waals surface area contributed by atoms with Crippen LogP contribution < -0.4 is 0 Å². The third-order valence-corrected chi connectivity index (χ3v) is 5.49. The summed E-state index contributed by atoms with van der Waals surface area (Å²) in [6, 6.07) is 6.27. The largest absolute Gasteiger partial charge is 0.342 e. The lowest BCUT2D eigenvalue weighted by Crippen LogP contribution is -2.44. The maximum absolute atomic E-state index is 13.2. The summed E-state index contributed by atoms with van der Waals surface area (Å²) in [5.41, 5.74) is 0.808. The highest BCUT2D eigenvalue weighted by Gasteiger charge is 2.35. The summed E-state index contributed by atoms with van der Waals surface area (Å²) >= 11 is 1.69. The quantitative estimate of drug-likeness (QED) is 0.869. The van der Waals surface area contributed by atoms with Crippen LogP contribution in [-0.2, 0) is 16.6 Å². The molecule has 3 rings (SSSR count). The number of nitrogens with zero attached hydrogens (tertiary/aromatic N) is 2. The molecule has 1 aliphatic heterocycles. The van der Waals surface area contributed by atoms with E-state index in [1.807, 2.05) is 16.5 Å². The van der Waals surface area contributed by atoms with E-state index in [9.17, 15) is 9.18 Å². The van der Waals surface area contributed by atoms with E-state index < -0.39 is 0 Å². The number of hydrogen-bond acceptors (Lipinski definition) is 3. The minimum absolute atomic E-state index is 0.0732. The fourth-order valence-electron chi connectivity index (χ4n) is 2.92. The van der Waals surface area contributed by atoms with Crippen LogP contribution >= 0.6 is 11.3 Å². The van der Waals surface area contributed by atoms with Crippen LogP contribution in [0.25, 0.3) is 0 Å². The Kier molecular flexibility index (Phi) is 4.25. The minimum atomic E-state index is -0.291. The minimum Gasteiger partial charge on any atom is -0.342 e. The van der Waals surface area contributed by atoms with E-state index in [1.54, 1.807) is 23.5 Å². The first kappa shape index (κ1) is 15.2. The molecule has 1 amide bonds. The van der Waals surface area contributed by atoms with Gasteiger partial charge in [0.15, 0.2) is 0 Å². The molecular weight excluding hydrogens is 299 g/mol. The van der Waals surface area contributed by atoms with Crippen molar-refractivity contribution in [2.75, 3.05) is 13.1 Å². The predicted octanol–water partition coefficient (Wildman–Crippen LogP) is 3.41. The third-order valence-electron chi connectivity index (χ3n) is 4.41.